The van der Waals surface area contributed by atoms with Gasteiger partial charge >= 0.3 is 0 Å². The highest BCUT2D eigenvalue weighted by Crippen LogP contribution is 2.66. The summed E-state index contributed by atoms with van der Waals surface area (Å²) >= 11 is 0. The number of nitrogens with zero attached hydrogens (tertiary/aromatic N) is 3. The molecule has 536 valence electrons. The number of hydrogen-bond acceptors (Lipinski definition) is 16. The van der Waals surface area contributed by atoms with Gasteiger partial charge in [0.05, 0.1) is 58.0 Å². The number of ether oxygens (including phenoxy) is 10. The molecule has 6 aliphatic carbocycles. The minimum atomic E-state index is -0.421. The minimum Gasteiger partial charge on any atom is -0.493 e. The van der Waals surface area contributed by atoms with Gasteiger partial charge in [0.1, 0.15) is 23.5 Å². The molecule has 0 bridgehead atoms. The van der Waals surface area contributed by atoms with Gasteiger partial charge in [-0.05, 0) is 223 Å². The van der Waals surface area contributed by atoms with Gasteiger partial charge in [-0.2, -0.15) is 0 Å². The lowest BCUT2D eigenvalue weighted by Crippen LogP contribution is -2.62. The second-order valence-electron chi connectivity index (χ2n) is 32.3. The van der Waals surface area contributed by atoms with E-state index in [1.165, 1.54) is 42.4 Å². The van der Waals surface area contributed by atoms with Gasteiger partial charge in [0.25, 0.3) is 0 Å². The molecule has 14 rings (SSSR count). The maximum atomic E-state index is 10.5. The van der Waals surface area contributed by atoms with Crippen LogP contribution in [0.4, 0.5) is 0 Å². The molecule has 16 heteroatoms. The number of carbonyl (C=O) groups excluding carboxylic acids is 1. The van der Waals surface area contributed by atoms with E-state index in [1.807, 2.05) is 36.4 Å². The molecule has 97 heavy (non-hydrogen) atoms. The molecule has 3 aromatic rings. The number of hydrogen-bond donors (Lipinski definition) is 2. The monoisotopic (exact) mass is 1340 g/mol. The summed E-state index contributed by atoms with van der Waals surface area (Å²) in [5.74, 6) is 6.68. The second kappa shape index (κ2) is 33.0. The smallest absolute Gasteiger partial charge is 0.160 e. The van der Waals surface area contributed by atoms with Gasteiger partial charge in [-0.3, -0.25) is 15.0 Å². The van der Waals surface area contributed by atoms with E-state index in [0.29, 0.717) is 66.2 Å². The van der Waals surface area contributed by atoms with Crippen molar-refractivity contribution in [2.75, 3.05) is 79.3 Å². The third-order valence-corrected chi connectivity index (χ3v) is 26.8. The molecule has 3 unspecified atom stereocenters. The van der Waals surface area contributed by atoms with Crippen molar-refractivity contribution >= 4 is 6.29 Å². The maximum absolute atomic E-state index is 10.5. The summed E-state index contributed by atoms with van der Waals surface area (Å²) in [5, 5.41) is 20.6. The molecule has 8 heterocycles. The zero-order valence-electron chi connectivity index (χ0n) is 59.8. The van der Waals surface area contributed by atoms with Crippen molar-refractivity contribution in [2.45, 2.75) is 207 Å². The zero-order chi connectivity index (χ0) is 68.3. The summed E-state index contributed by atoms with van der Waals surface area (Å²) in [6.45, 7) is 36.3. The Morgan fingerprint density at radius 1 is 0.474 bits per heavy atom. The lowest BCUT2D eigenvalue weighted by molar-refractivity contribution is -0.320. The highest BCUT2D eigenvalue weighted by Gasteiger charge is 2.63. The lowest BCUT2D eigenvalue weighted by atomic mass is 9.46. The summed E-state index contributed by atoms with van der Waals surface area (Å²) in [4.78, 5) is 22.3. The van der Waals surface area contributed by atoms with Crippen LogP contribution in [-0.2, 0) is 38.0 Å². The molecule has 11 fully saturated rings. The summed E-state index contributed by atoms with van der Waals surface area (Å²) in [6, 6.07) is 11.5. The van der Waals surface area contributed by atoms with Crippen LogP contribution in [0.25, 0.3) is 0 Å². The summed E-state index contributed by atoms with van der Waals surface area (Å²) in [7, 11) is 0. The van der Waals surface area contributed by atoms with Crippen LogP contribution in [0, 0.1) is 85.8 Å². The number of aliphatic hydroxyl groups is 2. The standard InChI is InChI=1S/2C27H39NO4.C21H31NO3.C6H10O2/c2*1-19-4-5-23-26(2,22(19)11-17-30-21-7-13-28-14-8-21)12-6-24-27(23,3)18-31-25(32-24)20-9-15-29-16-10-20;1-15-4-5-18-20(2,10-6-19(24)21(18,3)14-23)17(15)9-13-25-16-7-11-22-12-8-16;7-5-6-1-3-8-4-2-6/h2*7-8,13-14,20,22-25H,1,4-6,9-12,15-18H2,2-3H3;7-8,11-12,17-19,23-24H,1,4-6,9-10,13-14H2,2-3H3;5-6H,1-4H2/t2*22-,23?,24-,25-,26+,27+;17-,18?,19-,20+,21+;/m111./s1. The lowest BCUT2D eigenvalue weighted by Gasteiger charge is -2.63. The molecule has 5 saturated heterocycles. The van der Waals surface area contributed by atoms with Crippen LogP contribution in [0.5, 0.6) is 17.2 Å². The molecule has 5 aliphatic heterocycles. The van der Waals surface area contributed by atoms with Crippen molar-refractivity contribution in [1.82, 2.24) is 15.0 Å². The number of carbonyl (C=O) groups is 1. The molecule has 0 spiro atoms. The largest absolute Gasteiger partial charge is 0.493 e. The van der Waals surface area contributed by atoms with Crippen LogP contribution in [0.3, 0.4) is 0 Å². The first-order chi connectivity index (χ1) is 46.9. The first kappa shape index (κ1) is 73.6. The van der Waals surface area contributed by atoms with Crippen molar-refractivity contribution in [1.29, 1.82) is 0 Å². The first-order valence-electron chi connectivity index (χ1n) is 37.5. The molecule has 0 aromatic carbocycles. The molecule has 11 aliphatic rings. The Bertz CT molecular complexity index is 2850. The first-order valence-corrected chi connectivity index (χ1v) is 37.5. The van der Waals surface area contributed by atoms with Gasteiger partial charge in [-0.25, -0.2) is 0 Å². The van der Waals surface area contributed by atoms with Gasteiger partial charge < -0.3 is 62.4 Å². The summed E-state index contributed by atoms with van der Waals surface area (Å²) in [5.41, 5.74) is 4.34. The molecule has 17 atom stereocenters. The average molecular weight is 1340 g/mol. The van der Waals surface area contributed by atoms with Crippen molar-refractivity contribution in [3.8, 4) is 17.2 Å². The molecule has 6 saturated carbocycles. The Hall–Kier alpha value is -4.62. The van der Waals surface area contributed by atoms with Gasteiger partial charge in [0.15, 0.2) is 12.6 Å². The van der Waals surface area contributed by atoms with E-state index in [0.717, 1.165) is 199 Å². The van der Waals surface area contributed by atoms with Crippen molar-refractivity contribution in [2.24, 2.45) is 85.8 Å². The van der Waals surface area contributed by atoms with Gasteiger partial charge in [0, 0.05) is 111 Å². The van der Waals surface area contributed by atoms with Crippen LogP contribution in [0.1, 0.15) is 176 Å². The Labute approximate surface area is 580 Å². The third-order valence-electron chi connectivity index (χ3n) is 26.8. The summed E-state index contributed by atoms with van der Waals surface area (Å²) in [6.07, 6.45) is 33.6. The van der Waals surface area contributed by atoms with E-state index in [4.69, 9.17) is 47.4 Å². The summed E-state index contributed by atoms with van der Waals surface area (Å²) < 4.78 is 60.5. The van der Waals surface area contributed by atoms with Crippen LogP contribution in [0.2, 0.25) is 0 Å². The molecular weight excluding hydrogens is 1220 g/mol. The van der Waals surface area contributed by atoms with Gasteiger partial charge in [-0.15, -0.1) is 0 Å². The molecular formula is C81H119N3O13. The third kappa shape index (κ3) is 16.3. The SMILES string of the molecule is C=C1CCC2[C@](C)(CO)[C@H](O)CC[C@@]2(C)[C@@H]1CCOc1ccncc1.C=C1CCC2[C@]3(C)CO[C@@H](C4CCOCC4)O[C@@H]3CC[C@@]2(C)[C@@H]1CCOc1ccncc1.C=C1CCC2[C@]3(C)CO[C@@H](C4CCOCC4)O[C@@H]3CC[C@@]2(C)[C@@H]1CCOc1ccncc1.O=CC1CCOCC1. The Morgan fingerprint density at radius 3 is 1.16 bits per heavy atom. The fraction of sp³-hybridized carbons (Fsp3) is 0.728. The Morgan fingerprint density at radius 2 is 0.814 bits per heavy atom. The number of allylic oxidation sites excluding steroid dienone is 3. The molecule has 0 amide bonds. The van der Waals surface area contributed by atoms with E-state index in [-0.39, 0.29) is 52.2 Å². The number of rotatable bonds is 16. The number of pyridine rings is 3. The molecule has 2 N–H and O–H groups in total. The Kier molecular flexibility index (Phi) is 25.0. The number of fused-ring (bicyclic) bond motifs is 7. The predicted molar refractivity (Wildman–Crippen MR) is 374 cm³/mol. The molecule has 16 nitrogen and oxygen atoms in total. The highest BCUT2D eigenvalue weighted by molar-refractivity contribution is 5.53. The van der Waals surface area contributed by atoms with Gasteiger partial charge in [-0.1, -0.05) is 78.0 Å². The van der Waals surface area contributed by atoms with Crippen molar-refractivity contribution < 1.29 is 62.4 Å². The van der Waals surface area contributed by atoms with Crippen molar-refractivity contribution in [3.63, 3.8) is 0 Å². The average Bonchev–Trinajstić information content (AvgIpc) is 0.737. The van der Waals surface area contributed by atoms with E-state index < -0.39 is 11.5 Å². The number of aromatic nitrogens is 3. The van der Waals surface area contributed by atoms with E-state index in [9.17, 15) is 15.0 Å². The van der Waals surface area contributed by atoms with E-state index in [1.54, 1.807) is 37.2 Å². The van der Waals surface area contributed by atoms with Crippen LogP contribution in [0.15, 0.2) is 110 Å². The zero-order valence-corrected chi connectivity index (χ0v) is 59.8. The number of aliphatic hydroxyl groups excluding tert-OH is 2. The topological polar surface area (TPSA) is 188 Å². The minimum absolute atomic E-state index is 0.0428. The normalized spacial score (nSPS) is 38.4. The highest BCUT2D eigenvalue weighted by atomic mass is 16.7. The second-order valence-corrected chi connectivity index (χ2v) is 32.3. The van der Waals surface area contributed by atoms with Crippen LogP contribution < -0.4 is 14.2 Å². The van der Waals surface area contributed by atoms with Crippen LogP contribution >= 0.6 is 0 Å². The molecule has 0 radical (unpaired) electrons. The van der Waals surface area contributed by atoms with Gasteiger partial charge in [0.2, 0.25) is 0 Å². The van der Waals surface area contributed by atoms with E-state index in [2.05, 4.69) is 76.2 Å². The predicted octanol–water partition coefficient (Wildman–Crippen LogP) is 15.0. The van der Waals surface area contributed by atoms with Crippen LogP contribution in [-0.4, -0.2) is 142 Å². The maximum Gasteiger partial charge on any atom is 0.160 e. The van der Waals surface area contributed by atoms with Crippen molar-refractivity contribution in [3.05, 3.63) is 110 Å². The molecule has 3 aromatic heterocycles. The Balaban J connectivity index is 0.000000140. The number of aldehydes is 1. The fourth-order valence-corrected chi connectivity index (χ4v) is 21.0. The van der Waals surface area contributed by atoms with E-state index >= 15 is 0 Å². The quantitative estimate of drug-likeness (QED) is 0.102. The fourth-order valence-electron chi connectivity index (χ4n) is 21.0.